The third-order valence-corrected chi connectivity index (χ3v) is 3.83. The van der Waals surface area contributed by atoms with Crippen molar-refractivity contribution in [1.29, 1.82) is 0 Å². The first-order valence-electron chi connectivity index (χ1n) is 6.62. The van der Waals surface area contributed by atoms with E-state index in [9.17, 15) is 5.11 Å². The molecule has 2 heteroatoms. The van der Waals surface area contributed by atoms with Gasteiger partial charge in [-0.05, 0) is 50.7 Å². The van der Waals surface area contributed by atoms with Gasteiger partial charge in [-0.2, -0.15) is 0 Å². The van der Waals surface area contributed by atoms with E-state index in [-0.39, 0.29) is 6.04 Å². The molecular weight excluding hydrogens is 210 g/mol. The smallest absolute Gasteiger partial charge is 0.120 e. The fraction of sp³-hybridized carbons (Fsp3) is 0.600. The molecule has 1 aromatic rings. The lowest BCUT2D eigenvalue weighted by Crippen LogP contribution is -2.29. The number of aryl methyl sites for hydroxylation is 1. The quantitative estimate of drug-likeness (QED) is 0.837. The van der Waals surface area contributed by atoms with E-state index in [4.69, 9.17) is 0 Å². The number of phenols is 1. The van der Waals surface area contributed by atoms with Gasteiger partial charge in [0.25, 0.3) is 0 Å². The number of hydrogen-bond acceptors (Lipinski definition) is 2. The van der Waals surface area contributed by atoms with Crippen molar-refractivity contribution in [2.75, 3.05) is 0 Å². The lowest BCUT2D eigenvalue weighted by molar-refractivity contribution is 0.421. The molecule has 17 heavy (non-hydrogen) atoms. The average Bonchev–Trinajstić information content (AvgIpc) is 2.63. The normalized spacial score (nSPS) is 26.1. The highest BCUT2D eigenvalue weighted by atomic mass is 16.3. The van der Waals surface area contributed by atoms with Crippen molar-refractivity contribution in [2.24, 2.45) is 5.92 Å². The summed E-state index contributed by atoms with van der Waals surface area (Å²) in [6, 6.07) is 6.77. The molecule has 1 fully saturated rings. The molecule has 3 atom stereocenters. The fourth-order valence-corrected chi connectivity index (χ4v) is 2.82. The van der Waals surface area contributed by atoms with E-state index in [0.29, 0.717) is 11.8 Å². The summed E-state index contributed by atoms with van der Waals surface area (Å²) in [5.74, 6) is 1.25. The maximum Gasteiger partial charge on any atom is 0.120 e. The summed E-state index contributed by atoms with van der Waals surface area (Å²) < 4.78 is 0. The van der Waals surface area contributed by atoms with Crippen molar-refractivity contribution >= 4 is 0 Å². The molecular formula is C15H23NO. The molecule has 3 unspecified atom stereocenters. The van der Waals surface area contributed by atoms with Gasteiger partial charge in [-0.15, -0.1) is 0 Å². The Kier molecular flexibility index (Phi) is 3.72. The van der Waals surface area contributed by atoms with Crippen LogP contribution in [0.4, 0.5) is 0 Å². The fourth-order valence-electron chi connectivity index (χ4n) is 2.82. The van der Waals surface area contributed by atoms with Gasteiger partial charge in [0, 0.05) is 17.6 Å². The number of rotatable bonds is 3. The predicted molar refractivity (Wildman–Crippen MR) is 71.2 cm³/mol. The second-order valence-corrected chi connectivity index (χ2v) is 5.57. The first kappa shape index (κ1) is 12.4. The molecule has 0 aromatic heterocycles. The molecule has 1 aliphatic carbocycles. The van der Waals surface area contributed by atoms with Gasteiger partial charge < -0.3 is 10.4 Å². The van der Waals surface area contributed by atoms with Crippen molar-refractivity contribution in [3.8, 4) is 5.75 Å². The van der Waals surface area contributed by atoms with Gasteiger partial charge in [0.1, 0.15) is 5.75 Å². The number of phenolic OH excluding ortho intramolecular Hbond substituents is 1. The minimum absolute atomic E-state index is 0.228. The summed E-state index contributed by atoms with van der Waals surface area (Å²) in [5.41, 5.74) is 2.11. The Morgan fingerprint density at radius 2 is 2.12 bits per heavy atom. The van der Waals surface area contributed by atoms with E-state index in [2.05, 4.69) is 25.2 Å². The summed E-state index contributed by atoms with van der Waals surface area (Å²) in [4.78, 5) is 0. The van der Waals surface area contributed by atoms with E-state index in [1.54, 1.807) is 0 Å². The average molecular weight is 233 g/mol. The minimum atomic E-state index is 0.228. The predicted octanol–water partition coefficient (Wildman–Crippen LogP) is 3.54. The molecule has 2 N–H and O–H groups in total. The Balaban J connectivity index is 2.01. The second kappa shape index (κ2) is 5.09. The zero-order valence-corrected chi connectivity index (χ0v) is 11.0. The molecule has 2 nitrogen and oxygen atoms in total. The number of aromatic hydroxyl groups is 1. The lowest BCUT2D eigenvalue weighted by Gasteiger charge is -2.20. The highest BCUT2D eigenvalue weighted by Gasteiger charge is 2.23. The molecule has 0 radical (unpaired) electrons. The van der Waals surface area contributed by atoms with Gasteiger partial charge in [0.2, 0.25) is 0 Å². The van der Waals surface area contributed by atoms with Crippen LogP contribution in [0.25, 0.3) is 0 Å². The molecule has 1 aliphatic rings. The summed E-state index contributed by atoms with van der Waals surface area (Å²) >= 11 is 0. The molecule has 0 bridgehead atoms. The van der Waals surface area contributed by atoms with E-state index in [0.717, 1.165) is 17.0 Å². The molecule has 0 amide bonds. The van der Waals surface area contributed by atoms with Crippen LogP contribution in [0, 0.1) is 12.8 Å². The third kappa shape index (κ3) is 3.01. The first-order valence-corrected chi connectivity index (χ1v) is 6.62. The van der Waals surface area contributed by atoms with Crippen molar-refractivity contribution in [2.45, 2.75) is 52.1 Å². The maximum absolute atomic E-state index is 9.95. The monoisotopic (exact) mass is 233 g/mol. The van der Waals surface area contributed by atoms with E-state index < -0.39 is 0 Å². The Morgan fingerprint density at radius 3 is 2.71 bits per heavy atom. The van der Waals surface area contributed by atoms with Crippen LogP contribution in [0.3, 0.4) is 0 Å². The molecule has 0 spiro atoms. The minimum Gasteiger partial charge on any atom is -0.508 e. The van der Waals surface area contributed by atoms with Gasteiger partial charge in [-0.25, -0.2) is 0 Å². The zero-order valence-electron chi connectivity index (χ0n) is 11.0. The first-order chi connectivity index (χ1) is 8.06. The van der Waals surface area contributed by atoms with Crippen molar-refractivity contribution in [3.63, 3.8) is 0 Å². The van der Waals surface area contributed by atoms with E-state index in [1.807, 2.05) is 19.1 Å². The van der Waals surface area contributed by atoms with Crippen LogP contribution < -0.4 is 5.32 Å². The van der Waals surface area contributed by atoms with Gasteiger partial charge in [0.05, 0.1) is 0 Å². The SMILES string of the molecule is Cc1ccc(C(C)NC2CCC(C)C2)c(O)c1. The molecule has 0 heterocycles. The van der Waals surface area contributed by atoms with E-state index >= 15 is 0 Å². The van der Waals surface area contributed by atoms with Crippen LogP contribution >= 0.6 is 0 Å². The van der Waals surface area contributed by atoms with Crippen molar-refractivity contribution in [1.82, 2.24) is 5.32 Å². The zero-order chi connectivity index (χ0) is 12.4. The Labute approximate surface area is 104 Å². The van der Waals surface area contributed by atoms with E-state index in [1.165, 1.54) is 19.3 Å². The van der Waals surface area contributed by atoms with Gasteiger partial charge in [-0.3, -0.25) is 0 Å². The summed E-state index contributed by atoms with van der Waals surface area (Å²) in [7, 11) is 0. The number of hydrogen-bond donors (Lipinski definition) is 2. The molecule has 1 aromatic carbocycles. The Hall–Kier alpha value is -1.02. The molecule has 0 saturated heterocycles. The van der Waals surface area contributed by atoms with Crippen LogP contribution in [-0.4, -0.2) is 11.1 Å². The topological polar surface area (TPSA) is 32.3 Å². The molecule has 0 aliphatic heterocycles. The van der Waals surface area contributed by atoms with Gasteiger partial charge >= 0.3 is 0 Å². The van der Waals surface area contributed by atoms with Gasteiger partial charge in [-0.1, -0.05) is 19.1 Å². The highest BCUT2D eigenvalue weighted by Crippen LogP contribution is 2.29. The van der Waals surface area contributed by atoms with Crippen LogP contribution in [0.2, 0.25) is 0 Å². The highest BCUT2D eigenvalue weighted by molar-refractivity contribution is 5.37. The van der Waals surface area contributed by atoms with Crippen molar-refractivity contribution in [3.05, 3.63) is 29.3 Å². The summed E-state index contributed by atoms with van der Waals surface area (Å²) in [6.45, 7) is 6.45. The molecule has 1 saturated carbocycles. The largest absolute Gasteiger partial charge is 0.508 e. The number of nitrogens with one attached hydrogen (secondary N) is 1. The Bertz CT molecular complexity index is 389. The van der Waals surface area contributed by atoms with Crippen molar-refractivity contribution < 1.29 is 5.11 Å². The second-order valence-electron chi connectivity index (χ2n) is 5.57. The lowest BCUT2D eigenvalue weighted by atomic mass is 10.0. The summed E-state index contributed by atoms with van der Waals surface area (Å²) in [6.07, 6.45) is 3.85. The molecule has 94 valence electrons. The van der Waals surface area contributed by atoms with Gasteiger partial charge in [0.15, 0.2) is 0 Å². The third-order valence-electron chi connectivity index (χ3n) is 3.83. The van der Waals surface area contributed by atoms with Crippen LogP contribution in [-0.2, 0) is 0 Å². The van der Waals surface area contributed by atoms with Crippen LogP contribution in [0.5, 0.6) is 5.75 Å². The van der Waals surface area contributed by atoms with Crippen LogP contribution in [0.15, 0.2) is 18.2 Å². The number of benzene rings is 1. The Morgan fingerprint density at radius 1 is 1.35 bits per heavy atom. The maximum atomic E-state index is 9.95. The summed E-state index contributed by atoms with van der Waals surface area (Å²) in [5, 5.41) is 13.6. The van der Waals surface area contributed by atoms with Crippen LogP contribution in [0.1, 0.15) is 50.3 Å². The molecule has 2 rings (SSSR count). The standard InChI is InChI=1S/C15H23NO/c1-10-4-6-13(8-10)16-12(3)14-7-5-11(2)9-15(14)17/h5,7,9-10,12-13,16-17H,4,6,8H2,1-3H3.